The fraction of sp³-hybridized carbons (Fsp3) is 0.476. The van der Waals surface area contributed by atoms with Crippen LogP contribution in [0.5, 0.6) is 0 Å². The fourth-order valence-electron chi connectivity index (χ4n) is 4.45. The maximum Gasteiger partial charge on any atom is 0.328 e. The summed E-state index contributed by atoms with van der Waals surface area (Å²) in [6, 6.07) is 0.221. The molecular formula is C21H25N7O6. The van der Waals surface area contributed by atoms with E-state index in [2.05, 4.69) is 30.5 Å². The minimum absolute atomic E-state index is 0.221. The number of aliphatic carboxylic acids is 1. The Labute approximate surface area is 193 Å². The first kappa shape index (κ1) is 22.4. The van der Waals surface area contributed by atoms with E-state index in [1.165, 1.54) is 23.2 Å². The van der Waals surface area contributed by atoms with Crippen molar-refractivity contribution in [1.82, 2.24) is 29.7 Å². The van der Waals surface area contributed by atoms with E-state index >= 15 is 0 Å². The summed E-state index contributed by atoms with van der Waals surface area (Å²) in [6.07, 6.45) is 4.96. The second-order valence-corrected chi connectivity index (χ2v) is 8.45. The summed E-state index contributed by atoms with van der Waals surface area (Å²) >= 11 is 0. The number of hydrogen-bond donors (Lipinski definition) is 6. The number of carboxylic acid groups (broad SMARTS) is 1. The van der Waals surface area contributed by atoms with Crippen LogP contribution in [0, 0.1) is 0 Å². The molecule has 3 aromatic rings. The van der Waals surface area contributed by atoms with Crippen LogP contribution in [0.4, 0.5) is 5.82 Å². The number of aromatic amines is 1. The predicted molar refractivity (Wildman–Crippen MR) is 118 cm³/mol. The average molecular weight is 471 g/mol. The Morgan fingerprint density at radius 2 is 2.06 bits per heavy atom. The van der Waals surface area contributed by atoms with Crippen molar-refractivity contribution in [2.45, 2.75) is 56.3 Å². The van der Waals surface area contributed by atoms with E-state index in [4.69, 9.17) is 9.84 Å². The Hall–Kier alpha value is -3.39. The lowest BCUT2D eigenvalue weighted by Crippen LogP contribution is -2.33. The molecule has 0 aromatic carbocycles. The molecule has 4 atom stereocenters. The van der Waals surface area contributed by atoms with Gasteiger partial charge in [-0.2, -0.15) is 5.10 Å². The Bertz CT molecular complexity index is 1220. The molecule has 1 aliphatic carbocycles. The number of aliphatic hydroxyl groups is 3. The maximum atomic E-state index is 11.0. The summed E-state index contributed by atoms with van der Waals surface area (Å²) in [5.74, 6) is -0.376. The summed E-state index contributed by atoms with van der Waals surface area (Å²) in [5, 5.41) is 49.4. The zero-order valence-electron chi connectivity index (χ0n) is 18.1. The van der Waals surface area contributed by atoms with Crippen LogP contribution < -0.4 is 5.32 Å². The number of aromatic nitrogens is 6. The van der Waals surface area contributed by atoms with Gasteiger partial charge in [-0.15, -0.1) is 0 Å². The highest BCUT2D eigenvalue weighted by Crippen LogP contribution is 2.34. The molecule has 13 nitrogen and oxygen atoms in total. The van der Waals surface area contributed by atoms with Crippen LogP contribution in [0.15, 0.2) is 18.6 Å². The highest BCUT2D eigenvalue weighted by atomic mass is 16.6. The van der Waals surface area contributed by atoms with Crippen LogP contribution in [-0.2, 0) is 9.53 Å². The molecule has 0 spiro atoms. The van der Waals surface area contributed by atoms with Gasteiger partial charge in [0.25, 0.3) is 0 Å². The molecule has 2 fully saturated rings. The SMILES string of the molecule is O=C(O)/C=C/c1cn[nH]c1-c1nc(NC2CCCC2)c2ncn([C@@H]3O[C@H](CO)[C@@H](O)[C@H]3O)c2n1. The van der Waals surface area contributed by atoms with E-state index in [-0.39, 0.29) is 11.9 Å². The van der Waals surface area contributed by atoms with Crippen molar-refractivity contribution in [2.75, 3.05) is 11.9 Å². The van der Waals surface area contributed by atoms with Gasteiger partial charge in [-0.05, 0) is 18.9 Å². The van der Waals surface area contributed by atoms with E-state index in [1.54, 1.807) is 0 Å². The Morgan fingerprint density at radius 3 is 2.76 bits per heavy atom. The number of hydrogen-bond acceptors (Lipinski definition) is 10. The first-order valence-corrected chi connectivity index (χ1v) is 11.0. The van der Waals surface area contributed by atoms with Crippen molar-refractivity contribution in [3.05, 3.63) is 24.2 Å². The number of carbonyl (C=O) groups is 1. The smallest absolute Gasteiger partial charge is 0.328 e. The number of rotatable bonds is 7. The molecule has 13 heteroatoms. The van der Waals surface area contributed by atoms with Crippen LogP contribution >= 0.6 is 0 Å². The first-order chi connectivity index (χ1) is 16.5. The molecule has 3 aromatic heterocycles. The molecule has 2 aliphatic rings. The molecule has 0 radical (unpaired) electrons. The third-order valence-electron chi connectivity index (χ3n) is 6.21. The molecule has 5 rings (SSSR count). The number of fused-ring (bicyclic) bond motifs is 1. The van der Waals surface area contributed by atoms with Gasteiger partial charge >= 0.3 is 5.97 Å². The molecule has 1 saturated carbocycles. The number of aliphatic hydroxyl groups excluding tert-OH is 3. The van der Waals surface area contributed by atoms with Crippen LogP contribution in [-0.4, -0.2) is 87.1 Å². The van der Waals surface area contributed by atoms with Crippen molar-refractivity contribution in [3.63, 3.8) is 0 Å². The quantitative estimate of drug-likeness (QED) is 0.259. The lowest BCUT2D eigenvalue weighted by molar-refractivity contribution is -0.131. The normalized spacial score (nSPS) is 25.6. The number of imidazole rings is 1. The van der Waals surface area contributed by atoms with E-state index in [1.807, 2.05) is 0 Å². The summed E-state index contributed by atoms with van der Waals surface area (Å²) < 4.78 is 7.17. The molecule has 34 heavy (non-hydrogen) atoms. The topological polar surface area (TPSA) is 192 Å². The number of nitrogens with one attached hydrogen (secondary N) is 2. The molecule has 180 valence electrons. The Balaban J connectivity index is 1.62. The first-order valence-electron chi connectivity index (χ1n) is 11.0. The van der Waals surface area contributed by atoms with Gasteiger partial charge in [0.05, 0.1) is 19.1 Å². The second-order valence-electron chi connectivity index (χ2n) is 8.45. The van der Waals surface area contributed by atoms with Crippen molar-refractivity contribution in [2.24, 2.45) is 0 Å². The molecule has 0 unspecified atom stereocenters. The Morgan fingerprint density at radius 1 is 1.26 bits per heavy atom. The molecule has 4 heterocycles. The van der Waals surface area contributed by atoms with Gasteiger partial charge in [0.15, 0.2) is 29.0 Å². The van der Waals surface area contributed by atoms with Crippen molar-refractivity contribution < 1.29 is 30.0 Å². The number of H-pyrrole nitrogens is 1. The van der Waals surface area contributed by atoms with Gasteiger partial charge in [-0.3, -0.25) is 9.67 Å². The van der Waals surface area contributed by atoms with E-state index in [0.29, 0.717) is 28.2 Å². The van der Waals surface area contributed by atoms with Crippen molar-refractivity contribution in [1.29, 1.82) is 0 Å². The molecule has 1 saturated heterocycles. The number of anilines is 1. The lowest BCUT2D eigenvalue weighted by atomic mass is 10.1. The van der Waals surface area contributed by atoms with Crippen molar-refractivity contribution in [3.8, 4) is 11.5 Å². The second kappa shape index (κ2) is 9.10. The zero-order chi connectivity index (χ0) is 23.8. The summed E-state index contributed by atoms with van der Waals surface area (Å²) in [5.41, 5.74) is 1.67. The molecule has 0 bridgehead atoms. The van der Waals surface area contributed by atoms with Gasteiger partial charge in [0.2, 0.25) is 0 Å². The average Bonchev–Trinajstić information content (AvgIpc) is 3.61. The highest BCUT2D eigenvalue weighted by molar-refractivity contribution is 5.88. The minimum atomic E-state index is -1.31. The van der Waals surface area contributed by atoms with E-state index < -0.39 is 37.1 Å². The minimum Gasteiger partial charge on any atom is -0.478 e. The van der Waals surface area contributed by atoms with Crippen molar-refractivity contribution >= 4 is 29.0 Å². The molecular weight excluding hydrogens is 446 g/mol. The van der Waals surface area contributed by atoms with Gasteiger partial charge in [-0.25, -0.2) is 19.7 Å². The maximum absolute atomic E-state index is 11.0. The molecule has 6 N–H and O–H groups in total. The largest absolute Gasteiger partial charge is 0.478 e. The zero-order valence-corrected chi connectivity index (χ0v) is 18.1. The van der Waals surface area contributed by atoms with Gasteiger partial charge < -0.3 is 30.5 Å². The van der Waals surface area contributed by atoms with Crippen LogP contribution in [0.25, 0.3) is 28.8 Å². The van der Waals surface area contributed by atoms with Crippen LogP contribution in [0.3, 0.4) is 0 Å². The van der Waals surface area contributed by atoms with Gasteiger partial charge in [-0.1, -0.05) is 12.8 Å². The summed E-state index contributed by atoms with van der Waals surface area (Å²) in [4.78, 5) is 24.7. The number of carboxylic acids is 1. The number of nitrogens with zero attached hydrogens (tertiary/aromatic N) is 5. The van der Waals surface area contributed by atoms with E-state index in [0.717, 1.165) is 31.8 Å². The standard InChI is InChI=1S/C21H25N7O6/c29-8-12-16(32)17(33)21(34-12)28-9-22-15-19(24-11-3-1-2-4-11)25-18(26-20(15)28)14-10(7-23-27-14)5-6-13(30)31/h5-7,9,11-12,16-17,21,29,32-33H,1-4,8H2,(H,23,27)(H,30,31)(H,24,25,26)/b6-5+/t12-,16-,17-,21-/m1/s1. The third-order valence-corrected chi connectivity index (χ3v) is 6.21. The van der Waals surface area contributed by atoms with E-state index in [9.17, 15) is 20.1 Å². The Kier molecular flexibility index (Phi) is 6.00. The molecule has 1 aliphatic heterocycles. The highest BCUT2D eigenvalue weighted by Gasteiger charge is 2.44. The fourth-order valence-corrected chi connectivity index (χ4v) is 4.45. The third kappa shape index (κ3) is 4.03. The molecule has 0 amide bonds. The van der Waals surface area contributed by atoms with Gasteiger partial charge in [0, 0.05) is 17.7 Å². The lowest BCUT2D eigenvalue weighted by Gasteiger charge is -2.18. The van der Waals surface area contributed by atoms with Gasteiger partial charge in [0.1, 0.15) is 24.0 Å². The van der Waals surface area contributed by atoms with Crippen LogP contribution in [0.2, 0.25) is 0 Å². The summed E-state index contributed by atoms with van der Waals surface area (Å²) in [6.45, 7) is -0.455. The predicted octanol–water partition coefficient (Wildman–Crippen LogP) is 0.280. The summed E-state index contributed by atoms with van der Waals surface area (Å²) in [7, 11) is 0. The van der Waals surface area contributed by atoms with Crippen LogP contribution in [0.1, 0.15) is 37.5 Å². The monoisotopic (exact) mass is 471 g/mol. The number of ether oxygens (including phenoxy) is 1.